The molecule has 156 valence electrons. The van der Waals surface area contributed by atoms with Gasteiger partial charge in [0.05, 0.1) is 12.8 Å². The third-order valence-electron chi connectivity index (χ3n) is 7.93. The van der Waals surface area contributed by atoms with E-state index in [0.717, 1.165) is 66.1 Å². The average Bonchev–Trinajstić information content (AvgIpc) is 2.65. The van der Waals surface area contributed by atoms with Crippen LogP contribution in [-0.4, -0.2) is 25.5 Å². The molecule has 0 amide bonds. The fraction of sp³-hybridized carbons (Fsp3) is 0.640. The van der Waals surface area contributed by atoms with Crippen LogP contribution < -0.4 is 15.4 Å². The minimum Gasteiger partial charge on any atom is -0.495 e. The molecule has 29 heavy (non-hydrogen) atoms. The van der Waals surface area contributed by atoms with Crippen molar-refractivity contribution in [1.29, 1.82) is 0 Å². The highest BCUT2D eigenvalue weighted by Gasteiger charge is 2.54. The molecule has 0 spiro atoms. The van der Waals surface area contributed by atoms with Gasteiger partial charge >= 0.3 is 0 Å². The molecule has 0 radical (unpaired) electrons. The van der Waals surface area contributed by atoms with E-state index in [1.165, 1.54) is 24.8 Å². The highest BCUT2D eigenvalue weighted by Crippen LogP contribution is 2.60. The number of fused-ring (bicyclic) bond motifs is 1. The second-order valence-electron chi connectivity index (χ2n) is 10.8. The summed E-state index contributed by atoms with van der Waals surface area (Å²) in [4.78, 5) is 13.7. The number of ketones is 1. The Morgan fingerprint density at radius 2 is 1.76 bits per heavy atom. The Balaban J connectivity index is 1.54. The first-order chi connectivity index (χ1) is 13.8. The van der Waals surface area contributed by atoms with Crippen molar-refractivity contribution >= 4 is 17.2 Å². The Labute approximate surface area is 174 Å². The lowest BCUT2D eigenvalue weighted by Crippen LogP contribution is -2.50. The number of anilines is 1. The molecular weight excluding hydrogens is 360 g/mol. The number of hydrogen-bond acceptors (Lipinski definition) is 4. The molecule has 0 aromatic heterocycles. The predicted molar refractivity (Wildman–Crippen MR) is 117 cm³/mol. The molecule has 0 saturated heterocycles. The number of ether oxygens (including phenoxy) is 1. The second kappa shape index (κ2) is 6.52. The summed E-state index contributed by atoms with van der Waals surface area (Å²) in [5, 5.41) is 6.91. The highest BCUT2D eigenvalue weighted by atomic mass is 16.5. The molecule has 6 rings (SSSR count). The summed E-state index contributed by atoms with van der Waals surface area (Å²) in [6.07, 6.45) is 10.3. The standard InChI is InChI=1S/C25H34N2O2/c1-24(2)14-18-8-22(29-4)21(26-3)9-19(18)20(27-24)10-23(28)25-11-15-5-16(12-25)7-17(6-15)13-25/h8-10,15-17,26-27H,5-7,11-14H2,1-4H3/b20-10+. The van der Waals surface area contributed by atoms with Crippen molar-refractivity contribution in [3.63, 3.8) is 0 Å². The lowest BCUT2D eigenvalue weighted by Gasteiger charge is -2.55. The van der Waals surface area contributed by atoms with Gasteiger partial charge in [0.25, 0.3) is 0 Å². The Bertz CT molecular complexity index is 848. The maximum atomic E-state index is 13.7. The SMILES string of the molecule is CNc1cc2c(cc1OC)CC(C)(C)N/C2=C/C(=O)C12CC3CC(CC(C3)C1)C2. The molecule has 1 aromatic carbocycles. The number of carbonyl (C=O) groups excluding carboxylic acids is 1. The van der Waals surface area contributed by atoms with E-state index >= 15 is 0 Å². The zero-order valence-electron chi connectivity index (χ0n) is 18.2. The molecule has 4 aliphatic carbocycles. The quantitative estimate of drug-likeness (QED) is 0.721. The largest absolute Gasteiger partial charge is 0.495 e. The van der Waals surface area contributed by atoms with Crippen molar-refractivity contribution in [2.45, 2.75) is 64.3 Å². The van der Waals surface area contributed by atoms with Gasteiger partial charge in [-0.05, 0) is 94.2 Å². The average molecular weight is 395 g/mol. The summed E-state index contributed by atoms with van der Waals surface area (Å²) in [5.74, 6) is 3.57. The first-order valence-electron chi connectivity index (χ1n) is 11.2. The van der Waals surface area contributed by atoms with Crippen LogP contribution in [-0.2, 0) is 11.2 Å². The summed E-state index contributed by atoms with van der Waals surface area (Å²) in [5.41, 5.74) is 4.13. The third-order valence-corrected chi connectivity index (χ3v) is 7.93. The monoisotopic (exact) mass is 394 g/mol. The Morgan fingerprint density at radius 1 is 1.14 bits per heavy atom. The van der Waals surface area contributed by atoms with E-state index in [1.807, 2.05) is 13.1 Å². The number of hydrogen-bond donors (Lipinski definition) is 2. The lowest BCUT2D eigenvalue weighted by molar-refractivity contribution is -0.138. The summed E-state index contributed by atoms with van der Waals surface area (Å²) >= 11 is 0. The van der Waals surface area contributed by atoms with Crippen LogP contribution in [0.15, 0.2) is 18.2 Å². The minimum atomic E-state index is -0.0938. The molecule has 1 aromatic rings. The number of benzene rings is 1. The highest BCUT2D eigenvalue weighted by molar-refractivity contribution is 6.01. The van der Waals surface area contributed by atoms with Crippen molar-refractivity contribution in [2.75, 3.05) is 19.5 Å². The molecule has 5 aliphatic rings. The number of carbonyl (C=O) groups is 1. The van der Waals surface area contributed by atoms with E-state index < -0.39 is 0 Å². The number of methoxy groups -OCH3 is 1. The van der Waals surface area contributed by atoms with Crippen LogP contribution in [0.4, 0.5) is 5.69 Å². The van der Waals surface area contributed by atoms with E-state index in [9.17, 15) is 4.79 Å². The Morgan fingerprint density at radius 3 is 2.31 bits per heavy atom. The summed E-state index contributed by atoms with van der Waals surface area (Å²) in [6.45, 7) is 4.41. The molecule has 4 bridgehead atoms. The Kier molecular flexibility index (Phi) is 4.27. The van der Waals surface area contributed by atoms with Gasteiger partial charge in [-0.2, -0.15) is 0 Å². The van der Waals surface area contributed by atoms with Crippen molar-refractivity contribution < 1.29 is 9.53 Å². The fourth-order valence-electron chi connectivity index (χ4n) is 7.15. The molecule has 2 N–H and O–H groups in total. The van der Waals surface area contributed by atoms with E-state index in [4.69, 9.17) is 4.74 Å². The van der Waals surface area contributed by atoms with Crippen LogP contribution >= 0.6 is 0 Å². The van der Waals surface area contributed by atoms with Gasteiger partial charge in [0.2, 0.25) is 0 Å². The van der Waals surface area contributed by atoms with Crippen LogP contribution in [0.3, 0.4) is 0 Å². The summed E-state index contributed by atoms with van der Waals surface area (Å²) < 4.78 is 5.58. The van der Waals surface area contributed by atoms with E-state index in [0.29, 0.717) is 5.78 Å². The normalized spacial score (nSPS) is 35.2. The first kappa shape index (κ1) is 19.0. The number of nitrogens with one attached hydrogen (secondary N) is 2. The van der Waals surface area contributed by atoms with Gasteiger partial charge in [-0.15, -0.1) is 0 Å². The molecule has 4 fully saturated rings. The van der Waals surface area contributed by atoms with Gasteiger partial charge in [0.1, 0.15) is 5.75 Å². The second-order valence-corrected chi connectivity index (χ2v) is 10.8. The molecule has 4 nitrogen and oxygen atoms in total. The summed E-state index contributed by atoms with van der Waals surface area (Å²) in [6, 6.07) is 4.27. The fourth-order valence-corrected chi connectivity index (χ4v) is 7.15. The molecule has 1 heterocycles. The van der Waals surface area contributed by atoms with E-state index in [1.54, 1.807) is 7.11 Å². The molecule has 0 atom stereocenters. The molecule has 1 aliphatic heterocycles. The Hall–Kier alpha value is -1.97. The van der Waals surface area contributed by atoms with Crippen molar-refractivity contribution in [3.8, 4) is 5.75 Å². The van der Waals surface area contributed by atoms with Crippen LogP contribution in [0.1, 0.15) is 63.5 Å². The van der Waals surface area contributed by atoms with Crippen molar-refractivity contribution in [3.05, 3.63) is 29.3 Å². The zero-order chi connectivity index (χ0) is 20.4. The molecular formula is C25H34N2O2. The van der Waals surface area contributed by atoms with Gasteiger partial charge in [-0.1, -0.05) is 0 Å². The van der Waals surface area contributed by atoms with Crippen LogP contribution in [0.25, 0.3) is 5.70 Å². The van der Waals surface area contributed by atoms with Gasteiger partial charge < -0.3 is 15.4 Å². The van der Waals surface area contributed by atoms with Gasteiger partial charge in [0, 0.05) is 35.3 Å². The molecule has 4 heteroatoms. The van der Waals surface area contributed by atoms with Crippen LogP contribution in [0.5, 0.6) is 5.75 Å². The third kappa shape index (κ3) is 3.15. The van der Waals surface area contributed by atoms with E-state index in [-0.39, 0.29) is 11.0 Å². The number of rotatable bonds is 4. The van der Waals surface area contributed by atoms with Crippen LogP contribution in [0, 0.1) is 23.2 Å². The van der Waals surface area contributed by atoms with E-state index in [2.05, 4.69) is 36.6 Å². The van der Waals surface area contributed by atoms with Crippen molar-refractivity contribution in [1.82, 2.24) is 5.32 Å². The number of allylic oxidation sites excluding steroid dienone is 1. The minimum absolute atomic E-state index is 0.0905. The molecule has 4 saturated carbocycles. The predicted octanol–water partition coefficient (Wildman–Crippen LogP) is 4.79. The summed E-state index contributed by atoms with van der Waals surface area (Å²) in [7, 11) is 3.62. The first-order valence-corrected chi connectivity index (χ1v) is 11.2. The maximum absolute atomic E-state index is 13.7. The molecule has 0 unspecified atom stereocenters. The topological polar surface area (TPSA) is 50.4 Å². The smallest absolute Gasteiger partial charge is 0.163 e. The lowest BCUT2D eigenvalue weighted by atomic mass is 9.48. The zero-order valence-corrected chi connectivity index (χ0v) is 18.2. The van der Waals surface area contributed by atoms with Gasteiger partial charge in [0.15, 0.2) is 5.78 Å². The van der Waals surface area contributed by atoms with Gasteiger partial charge in [-0.25, -0.2) is 0 Å². The van der Waals surface area contributed by atoms with Gasteiger partial charge in [-0.3, -0.25) is 4.79 Å². The van der Waals surface area contributed by atoms with Crippen LogP contribution in [0.2, 0.25) is 0 Å². The maximum Gasteiger partial charge on any atom is 0.163 e. The van der Waals surface area contributed by atoms with Crippen molar-refractivity contribution in [2.24, 2.45) is 23.2 Å².